The lowest BCUT2D eigenvalue weighted by molar-refractivity contribution is 0.0791. The fraction of sp³-hybridized carbons (Fsp3) is 0.278. The van der Waals surface area contributed by atoms with Crippen LogP contribution in [0.15, 0.2) is 54.6 Å². The quantitative estimate of drug-likeness (QED) is 0.939. The summed E-state index contributed by atoms with van der Waals surface area (Å²) in [5, 5.41) is 0. The Balaban J connectivity index is 1.69. The number of nitrogens with two attached hydrogens (primary N) is 1. The number of carbonyl (C=O) groups is 1. The van der Waals surface area contributed by atoms with E-state index in [0.717, 1.165) is 30.6 Å². The van der Waals surface area contributed by atoms with Crippen molar-refractivity contribution >= 4 is 5.91 Å². The molecule has 3 nitrogen and oxygen atoms in total. The number of hydrogen-bond acceptors (Lipinski definition) is 2. The van der Waals surface area contributed by atoms with Crippen LogP contribution in [0, 0.1) is 0 Å². The third kappa shape index (κ3) is 2.98. The van der Waals surface area contributed by atoms with Gasteiger partial charge in [-0.15, -0.1) is 0 Å². The molecule has 1 unspecified atom stereocenters. The van der Waals surface area contributed by atoms with Crippen molar-refractivity contribution in [3.63, 3.8) is 0 Å². The topological polar surface area (TPSA) is 46.3 Å². The average molecular weight is 280 g/mol. The van der Waals surface area contributed by atoms with E-state index >= 15 is 0 Å². The van der Waals surface area contributed by atoms with Gasteiger partial charge >= 0.3 is 0 Å². The van der Waals surface area contributed by atoms with E-state index < -0.39 is 0 Å². The van der Waals surface area contributed by atoms with Crippen LogP contribution in [0.4, 0.5) is 0 Å². The van der Waals surface area contributed by atoms with E-state index in [9.17, 15) is 4.79 Å². The molecule has 0 bridgehead atoms. The van der Waals surface area contributed by atoms with Crippen LogP contribution in [0.5, 0.6) is 0 Å². The van der Waals surface area contributed by atoms with Gasteiger partial charge in [-0.25, -0.2) is 0 Å². The van der Waals surface area contributed by atoms with Gasteiger partial charge in [0.25, 0.3) is 5.91 Å². The normalized spacial score (nSPS) is 18.0. The van der Waals surface area contributed by atoms with Crippen molar-refractivity contribution in [2.45, 2.75) is 18.9 Å². The second kappa shape index (κ2) is 6.10. The summed E-state index contributed by atoms with van der Waals surface area (Å²) in [4.78, 5) is 14.5. The lowest BCUT2D eigenvalue weighted by atomic mass is 9.99. The molecule has 0 radical (unpaired) electrons. The fourth-order valence-corrected chi connectivity index (χ4v) is 2.91. The van der Waals surface area contributed by atoms with Crippen LogP contribution in [0.2, 0.25) is 0 Å². The Morgan fingerprint density at radius 3 is 2.48 bits per heavy atom. The summed E-state index contributed by atoms with van der Waals surface area (Å²) in [6.45, 7) is 2.15. The highest BCUT2D eigenvalue weighted by Gasteiger charge is 2.27. The molecular weight excluding hydrogens is 260 g/mol. The van der Waals surface area contributed by atoms with Crippen LogP contribution in [0.1, 0.15) is 33.8 Å². The SMILES string of the molecule is NCc1ccc(C(=O)N2CCC(c3ccccc3)C2)cc1. The molecular formula is C18H20N2O. The summed E-state index contributed by atoms with van der Waals surface area (Å²) in [6.07, 6.45) is 1.04. The zero-order chi connectivity index (χ0) is 14.7. The number of likely N-dealkylation sites (tertiary alicyclic amines) is 1. The largest absolute Gasteiger partial charge is 0.338 e. The molecule has 108 valence electrons. The number of benzene rings is 2. The van der Waals surface area contributed by atoms with Crippen LogP contribution in [0.3, 0.4) is 0 Å². The lowest BCUT2D eigenvalue weighted by Gasteiger charge is -2.17. The maximum absolute atomic E-state index is 12.5. The molecule has 2 aromatic carbocycles. The Bertz CT molecular complexity index is 607. The molecule has 3 heteroatoms. The van der Waals surface area contributed by atoms with Crippen molar-refractivity contribution in [2.75, 3.05) is 13.1 Å². The van der Waals surface area contributed by atoms with Gasteiger partial charge in [0.05, 0.1) is 0 Å². The summed E-state index contributed by atoms with van der Waals surface area (Å²) >= 11 is 0. The van der Waals surface area contributed by atoms with E-state index in [1.165, 1.54) is 5.56 Å². The Labute approximate surface area is 125 Å². The van der Waals surface area contributed by atoms with Gasteiger partial charge in [0.1, 0.15) is 0 Å². The minimum atomic E-state index is 0.122. The molecule has 1 fully saturated rings. The first-order chi connectivity index (χ1) is 10.3. The Kier molecular flexibility index (Phi) is 4.02. The second-order valence-electron chi connectivity index (χ2n) is 5.55. The zero-order valence-corrected chi connectivity index (χ0v) is 12.0. The zero-order valence-electron chi connectivity index (χ0n) is 12.0. The van der Waals surface area contributed by atoms with Gasteiger partial charge in [-0.2, -0.15) is 0 Å². The van der Waals surface area contributed by atoms with Gasteiger partial charge in [0.2, 0.25) is 0 Å². The van der Waals surface area contributed by atoms with Gasteiger partial charge in [-0.1, -0.05) is 42.5 Å². The first-order valence-electron chi connectivity index (χ1n) is 7.41. The summed E-state index contributed by atoms with van der Waals surface area (Å²) in [7, 11) is 0. The molecule has 1 aliphatic rings. The number of carbonyl (C=O) groups excluding carboxylic acids is 1. The molecule has 0 aromatic heterocycles. The van der Waals surface area contributed by atoms with Crippen LogP contribution in [-0.2, 0) is 6.54 Å². The molecule has 1 heterocycles. The van der Waals surface area contributed by atoms with Crippen LogP contribution < -0.4 is 5.73 Å². The molecule has 0 saturated carbocycles. The molecule has 21 heavy (non-hydrogen) atoms. The number of rotatable bonds is 3. The van der Waals surface area contributed by atoms with Crippen LogP contribution in [0.25, 0.3) is 0 Å². The molecule has 0 aliphatic carbocycles. The van der Waals surface area contributed by atoms with E-state index in [0.29, 0.717) is 12.5 Å². The summed E-state index contributed by atoms with van der Waals surface area (Å²) in [6, 6.07) is 18.1. The molecule has 0 spiro atoms. The molecule has 2 aromatic rings. The number of amides is 1. The van der Waals surface area contributed by atoms with Gasteiger partial charge < -0.3 is 10.6 Å². The van der Waals surface area contributed by atoms with E-state index in [1.807, 2.05) is 35.2 Å². The first-order valence-corrected chi connectivity index (χ1v) is 7.41. The van der Waals surface area contributed by atoms with Crippen molar-refractivity contribution in [3.05, 3.63) is 71.3 Å². The van der Waals surface area contributed by atoms with Crippen LogP contribution in [-0.4, -0.2) is 23.9 Å². The monoisotopic (exact) mass is 280 g/mol. The minimum Gasteiger partial charge on any atom is -0.338 e. The molecule has 1 aliphatic heterocycles. The predicted molar refractivity (Wildman–Crippen MR) is 84.0 cm³/mol. The summed E-state index contributed by atoms with van der Waals surface area (Å²) < 4.78 is 0. The van der Waals surface area contributed by atoms with E-state index in [-0.39, 0.29) is 5.91 Å². The van der Waals surface area contributed by atoms with Crippen molar-refractivity contribution in [2.24, 2.45) is 5.73 Å². The third-order valence-electron chi connectivity index (χ3n) is 4.18. The van der Waals surface area contributed by atoms with Crippen LogP contribution >= 0.6 is 0 Å². The van der Waals surface area contributed by atoms with Gasteiger partial charge in [-0.3, -0.25) is 4.79 Å². The lowest BCUT2D eigenvalue weighted by Crippen LogP contribution is -2.28. The van der Waals surface area contributed by atoms with Crippen molar-refractivity contribution < 1.29 is 4.79 Å². The molecule has 2 N–H and O–H groups in total. The molecule has 3 rings (SSSR count). The minimum absolute atomic E-state index is 0.122. The smallest absolute Gasteiger partial charge is 0.253 e. The van der Waals surface area contributed by atoms with Crippen molar-refractivity contribution in [3.8, 4) is 0 Å². The van der Waals surface area contributed by atoms with E-state index in [4.69, 9.17) is 5.73 Å². The third-order valence-corrected chi connectivity index (χ3v) is 4.18. The molecule has 1 atom stereocenters. The van der Waals surface area contributed by atoms with Gasteiger partial charge in [0, 0.05) is 31.1 Å². The van der Waals surface area contributed by atoms with Crippen molar-refractivity contribution in [1.82, 2.24) is 4.90 Å². The highest BCUT2D eigenvalue weighted by Crippen LogP contribution is 2.27. The number of nitrogens with zero attached hydrogens (tertiary/aromatic N) is 1. The Hall–Kier alpha value is -2.13. The summed E-state index contributed by atoms with van der Waals surface area (Å²) in [5.41, 5.74) is 8.71. The highest BCUT2D eigenvalue weighted by molar-refractivity contribution is 5.94. The number of hydrogen-bond donors (Lipinski definition) is 1. The van der Waals surface area contributed by atoms with E-state index in [1.54, 1.807) is 0 Å². The van der Waals surface area contributed by atoms with E-state index in [2.05, 4.69) is 24.3 Å². The molecule has 1 saturated heterocycles. The molecule has 1 amide bonds. The Morgan fingerprint density at radius 1 is 1.10 bits per heavy atom. The van der Waals surface area contributed by atoms with Gasteiger partial charge in [-0.05, 0) is 29.7 Å². The van der Waals surface area contributed by atoms with Crippen molar-refractivity contribution in [1.29, 1.82) is 0 Å². The predicted octanol–water partition coefficient (Wildman–Crippen LogP) is 2.78. The maximum Gasteiger partial charge on any atom is 0.253 e. The maximum atomic E-state index is 12.5. The average Bonchev–Trinajstić information content (AvgIpc) is 3.05. The van der Waals surface area contributed by atoms with Gasteiger partial charge in [0.15, 0.2) is 0 Å². The highest BCUT2D eigenvalue weighted by atomic mass is 16.2. The summed E-state index contributed by atoms with van der Waals surface area (Å²) in [5.74, 6) is 0.579. The second-order valence-corrected chi connectivity index (χ2v) is 5.55. The first kappa shape index (κ1) is 13.8. The Morgan fingerprint density at radius 2 is 1.81 bits per heavy atom. The fourth-order valence-electron chi connectivity index (χ4n) is 2.91. The standard InChI is InChI=1S/C18H20N2O/c19-12-14-6-8-16(9-7-14)18(21)20-11-10-17(13-20)15-4-2-1-3-5-15/h1-9,17H,10-13,19H2.